The maximum Gasteiger partial charge on any atom is 0.147 e. The summed E-state index contributed by atoms with van der Waals surface area (Å²) in [6.45, 7) is 1.25. The summed E-state index contributed by atoms with van der Waals surface area (Å²) >= 11 is 0. The molecule has 0 aliphatic carbocycles. The maximum atomic E-state index is 5.63. The maximum absolute atomic E-state index is 5.63. The van der Waals surface area contributed by atoms with Crippen molar-refractivity contribution in [3.05, 3.63) is 54.1 Å². The average Bonchev–Trinajstić information content (AvgIpc) is 2.40. The Morgan fingerprint density at radius 3 is 2.65 bits per heavy atom. The van der Waals surface area contributed by atoms with Gasteiger partial charge in [0.2, 0.25) is 0 Å². The van der Waals surface area contributed by atoms with E-state index in [-0.39, 0.29) is 0 Å². The summed E-state index contributed by atoms with van der Waals surface area (Å²) < 4.78 is 0. The highest BCUT2D eigenvalue weighted by Gasteiger charge is 2.04. The van der Waals surface area contributed by atoms with Crippen LogP contribution in [0.3, 0.4) is 0 Å². The Morgan fingerprint density at radius 1 is 1.18 bits per heavy atom. The van der Waals surface area contributed by atoms with Crippen LogP contribution in [0, 0.1) is 0 Å². The average molecular weight is 228 g/mol. The number of hydrogen-bond acceptors (Lipinski definition) is 4. The van der Waals surface area contributed by atoms with Gasteiger partial charge in [-0.15, -0.1) is 0 Å². The number of rotatable bonds is 4. The Labute approximate surface area is 101 Å². The standard InChI is InChI=1S/C13H16N4/c1-17(10-13-15-6-3-7-16-13)12-5-2-4-11(8-12)9-14/h2-8H,9-10,14H2,1H3. The molecular formula is C13H16N4. The zero-order valence-electron chi connectivity index (χ0n) is 9.87. The fraction of sp³-hybridized carbons (Fsp3) is 0.231. The van der Waals surface area contributed by atoms with Gasteiger partial charge in [-0.2, -0.15) is 0 Å². The summed E-state index contributed by atoms with van der Waals surface area (Å²) in [7, 11) is 2.02. The molecule has 0 saturated heterocycles. The molecule has 0 fully saturated rings. The predicted octanol–water partition coefficient (Wildman–Crippen LogP) is 1.57. The van der Waals surface area contributed by atoms with Crippen molar-refractivity contribution < 1.29 is 0 Å². The van der Waals surface area contributed by atoms with Crippen molar-refractivity contribution in [2.75, 3.05) is 11.9 Å². The van der Waals surface area contributed by atoms with Crippen molar-refractivity contribution in [1.82, 2.24) is 9.97 Å². The molecule has 0 spiro atoms. The minimum atomic E-state index is 0.559. The summed E-state index contributed by atoms with van der Waals surface area (Å²) in [6.07, 6.45) is 3.51. The van der Waals surface area contributed by atoms with Crippen molar-refractivity contribution in [3.8, 4) is 0 Å². The van der Waals surface area contributed by atoms with Gasteiger partial charge in [-0.25, -0.2) is 9.97 Å². The van der Waals surface area contributed by atoms with Crippen LogP contribution in [0.25, 0.3) is 0 Å². The normalized spacial score (nSPS) is 10.2. The van der Waals surface area contributed by atoms with E-state index in [1.807, 2.05) is 25.2 Å². The second kappa shape index (κ2) is 5.41. The van der Waals surface area contributed by atoms with E-state index >= 15 is 0 Å². The molecule has 0 bridgehead atoms. The van der Waals surface area contributed by atoms with Crippen LogP contribution in [0.2, 0.25) is 0 Å². The first-order valence-corrected chi connectivity index (χ1v) is 5.55. The van der Waals surface area contributed by atoms with Gasteiger partial charge in [0.15, 0.2) is 0 Å². The quantitative estimate of drug-likeness (QED) is 0.863. The van der Waals surface area contributed by atoms with Gasteiger partial charge in [0.05, 0.1) is 6.54 Å². The minimum absolute atomic E-state index is 0.559. The van der Waals surface area contributed by atoms with Crippen LogP contribution in [0.1, 0.15) is 11.4 Å². The number of nitrogens with zero attached hydrogens (tertiary/aromatic N) is 3. The predicted molar refractivity (Wildman–Crippen MR) is 68.5 cm³/mol. The van der Waals surface area contributed by atoms with Crippen LogP contribution in [0.15, 0.2) is 42.7 Å². The van der Waals surface area contributed by atoms with E-state index in [1.54, 1.807) is 12.4 Å². The van der Waals surface area contributed by atoms with Gasteiger partial charge in [0.25, 0.3) is 0 Å². The van der Waals surface area contributed by atoms with Crippen molar-refractivity contribution in [1.29, 1.82) is 0 Å². The van der Waals surface area contributed by atoms with E-state index in [9.17, 15) is 0 Å². The number of nitrogens with two attached hydrogens (primary N) is 1. The van der Waals surface area contributed by atoms with Gasteiger partial charge in [0, 0.05) is 31.7 Å². The SMILES string of the molecule is CN(Cc1ncccn1)c1cccc(CN)c1. The Hall–Kier alpha value is -1.94. The van der Waals surface area contributed by atoms with Crippen molar-refractivity contribution in [3.63, 3.8) is 0 Å². The van der Waals surface area contributed by atoms with Gasteiger partial charge in [-0.3, -0.25) is 0 Å². The molecule has 0 amide bonds. The molecule has 2 aromatic rings. The van der Waals surface area contributed by atoms with E-state index < -0.39 is 0 Å². The molecule has 0 aliphatic heterocycles. The molecule has 4 nitrogen and oxygen atoms in total. The second-order valence-corrected chi connectivity index (χ2v) is 3.90. The monoisotopic (exact) mass is 228 g/mol. The zero-order valence-corrected chi connectivity index (χ0v) is 9.87. The van der Waals surface area contributed by atoms with Crippen LogP contribution in [-0.2, 0) is 13.1 Å². The molecular weight excluding hydrogens is 212 g/mol. The van der Waals surface area contributed by atoms with Gasteiger partial charge in [-0.05, 0) is 23.8 Å². The smallest absolute Gasteiger partial charge is 0.147 e. The molecule has 0 unspecified atom stereocenters. The van der Waals surface area contributed by atoms with E-state index in [0.717, 1.165) is 17.1 Å². The zero-order chi connectivity index (χ0) is 12.1. The highest BCUT2D eigenvalue weighted by Crippen LogP contribution is 2.15. The van der Waals surface area contributed by atoms with Gasteiger partial charge >= 0.3 is 0 Å². The van der Waals surface area contributed by atoms with Crippen LogP contribution in [0.5, 0.6) is 0 Å². The molecule has 0 aliphatic rings. The molecule has 1 heterocycles. The second-order valence-electron chi connectivity index (χ2n) is 3.90. The molecule has 1 aromatic heterocycles. The van der Waals surface area contributed by atoms with Crippen LogP contribution >= 0.6 is 0 Å². The highest BCUT2D eigenvalue weighted by molar-refractivity contribution is 5.47. The summed E-state index contributed by atoms with van der Waals surface area (Å²) in [4.78, 5) is 10.5. The molecule has 88 valence electrons. The first-order chi connectivity index (χ1) is 8.29. The van der Waals surface area contributed by atoms with Crippen LogP contribution < -0.4 is 10.6 Å². The Bertz CT molecular complexity index is 470. The van der Waals surface area contributed by atoms with Crippen molar-refractivity contribution >= 4 is 5.69 Å². The lowest BCUT2D eigenvalue weighted by molar-refractivity contribution is 0.836. The molecule has 0 atom stereocenters. The van der Waals surface area contributed by atoms with Crippen LogP contribution in [0.4, 0.5) is 5.69 Å². The molecule has 17 heavy (non-hydrogen) atoms. The van der Waals surface area contributed by atoms with Gasteiger partial charge in [0.1, 0.15) is 5.82 Å². The Kier molecular flexibility index (Phi) is 3.67. The van der Waals surface area contributed by atoms with E-state index in [2.05, 4.69) is 27.0 Å². The third-order valence-electron chi connectivity index (χ3n) is 2.58. The minimum Gasteiger partial charge on any atom is -0.367 e. The molecule has 0 saturated carbocycles. The molecule has 0 radical (unpaired) electrons. The summed E-state index contributed by atoms with van der Waals surface area (Å²) in [5.74, 6) is 0.813. The lowest BCUT2D eigenvalue weighted by Crippen LogP contribution is -2.18. The topological polar surface area (TPSA) is 55.0 Å². The van der Waals surface area contributed by atoms with E-state index in [1.165, 1.54) is 0 Å². The van der Waals surface area contributed by atoms with Crippen molar-refractivity contribution in [2.24, 2.45) is 5.73 Å². The van der Waals surface area contributed by atoms with E-state index in [4.69, 9.17) is 5.73 Å². The Morgan fingerprint density at radius 2 is 1.94 bits per heavy atom. The lowest BCUT2D eigenvalue weighted by atomic mass is 10.2. The van der Waals surface area contributed by atoms with Crippen molar-refractivity contribution in [2.45, 2.75) is 13.1 Å². The summed E-state index contributed by atoms with van der Waals surface area (Å²) in [6, 6.07) is 10.00. The largest absolute Gasteiger partial charge is 0.367 e. The molecule has 1 aromatic carbocycles. The number of anilines is 1. The first kappa shape index (κ1) is 11.5. The van der Waals surface area contributed by atoms with E-state index in [0.29, 0.717) is 13.1 Å². The van der Waals surface area contributed by atoms with Gasteiger partial charge in [-0.1, -0.05) is 12.1 Å². The van der Waals surface area contributed by atoms with Gasteiger partial charge < -0.3 is 10.6 Å². The third-order valence-corrected chi connectivity index (χ3v) is 2.58. The number of benzene rings is 1. The highest BCUT2D eigenvalue weighted by atomic mass is 15.1. The Balaban J connectivity index is 2.11. The molecule has 2 rings (SSSR count). The first-order valence-electron chi connectivity index (χ1n) is 5.55. The fourth-order valence-electron chi connectivity index (χ4n) is 1.64. The number of aromatic nitrogens is 2. The summed E-state index contributed by atoms with van der Waals surface area (Å²) in [5, 5.41) is 0. The lowest BCUT2D eigenvalue weighted by Gasteiger charge is -2.18. The third kappa shape index (κ3) is 3.01. The fourth-order valence-corrected chi connectivity index (χ4v) is 1.64. The molecule has 4 heteroatoms. The molecule has 2 N–H and O–H groups in total. The number of hydrogen-bond donors (Lipinski definition) is 1. The summed E-state index contributed by atoms with van der Waals surface area (Å²) in [5.41, 5.74) is 7.88. The van der Waals surface area contributed by atoms with Crippen LogP contribution in [-0.4, -0.2) is 17.0 Å².